The van der Waals surface area contributed by atoms with Gasteiger partial charge in [0, 0.05) is 18.2 Å². The van der Waals surface area contributed by atoms with E-state index in [1.807, 2.05) is 54.6 Å². The summed E-state index contributed by atoms with van der Waals surface area (Å²) in [7, 11) is 1.59. The highest BCUT2D eigenvalue weighted by Crippen LogP contribution is 2.37. The Morgan fingerprint density at radius 2 is 1.72 bits per heavy atom. The van der Waals surface area contributed by atoms with E-state index in [-0.39, 0.29) is 22.3 Å². The van der Waals surface area contributed by atoms with Crippen molar-refractivity contribution in [1.82, 2.24) is 14.9 Å². The highest BCUT2D eigenvalue weighted by molar-refractivity contribution is 7.71. The van der Waals surface area contributed by atoms with Gasteiger partial charge in [-0.3, -0.25) is 14.7 Å². The number of aromatic amines is 2. The van der Waals surface area contributed by atoms with Crippen molar-refractivity contribution in [3.8, 4) is 11.6 Å². The first kappa shape index (κ1) is 20.8. The van der Waals surface area contributed by atoms with Gasteiger partial charge in [0.05, 0.1) is 18.7 Å². The topological polar surface area (TPSA) is 81.3 Å². The third kappa shape index (κ3) is 4.58. The van der Waals surface area contributed by atoms with Crippen LogP contribution in [0.15, 0.2) is 59.4 Å². The predicted molar refractivity (Wildman–Crippen MR) is 116 cm³/mol. The molecule has 3 aromatic rings. The minimum Gasteiger partial charge on any atom is -0.496 e. The summed E-state index contributed by atoms with van der Waals surface area (Å²) in [5.74, 6) is 0.394. The average molecular weight is 412 g/mol. The molecule has 6 nitrogen and oxygen atoms in total. The zero-order valence-electron chi connectivity index (χ0n) is 16.7. The van der Waals surface area contributed by atoms with Crippen LogP contribution in [0.2, 0.25) is 0 Å². The Balaban J connectivity index is 2.24. The third-order valence-electron chi connectivity index (χ3n) is 4.87. The van der Waals surface area contributed by atoms with E-state index in [1.165, 1.54) is 0 Å². The summed E-state index contributed by atoms with van der Waals surface area (Å²) in [6.07, 6.45) is 0. The molecule has 0 aliphatic carbocycles. The van der Waals surface area contributed by atoms with E-state index in [2.05, 4.69) is 28.7 Å². The van der Waals surface area contributed by atoms with Gasteiger partial charge in [0.15, 0.2) is 4.77 Å². The molecule has 2 aromatic carbocycles. The molecular weight excluding hydrogens is 386 g/mol. The standard InChI is InChI=1S/C22H25N3O3S/c1-14(2)25(13-15-9-5-4-6-10-15)19(16-11-7-8-12-17(16)28-3)18-20(26)23-22(29)24-21(18)27/h4-12,14,19H,13H2,1-3H3,(H3,23,24,26,27,29)/t19-/m0/s1. The van der Waals surface area contributed by atoms with Crippen molar-refractivity contribution in [2.24, 2.45) is 0 Å². The lowest BCUT2D eigenvalue weighted by Crippen LogP contribution is -2.38. The van der Waals surface area contributed by atoms with Gasteiger partial charge in [-0.25, -0.2) is 0 Å². The second kappa shape index (κ2) is 9.07. The summed E-state index contributed by atoms with van der Waals surface area (Å²) in [5.41, 5.74) is 1.65. The van der Waals surface area contributed by atoms with Crippen molar-refractivity contribution in [3.63, 3.8) is 0 Å². The molecule has 3 rings (SSSR count). The zero-order chi connectivity index (χ0) is 21.0. The Morgan fingerprint density at radius 1 is 1.07 bits per heavy atom. The molecule has 1 atom stereocenters. The molecule has 0 aliphatic heterocycles. The van der Waals surface area contributed by atoms with E-state index in [0.29, 0.717) is 12.3 Å². The molecule has 1 heterocycles. The van der Waals surface area contributed by atoms with Gasteiger partial charge < -0.3 is 14.8 Å². The molecule has 0 bridgehead atoms. The maximum absolute atomic E-state index is 12.9. The predicted octanol–water partition coefficient (Wildman–Crippen LogP) is 4.15. The number of hydrogen-bond acceptors (Lipinski definition) is 5. The molecule has 0 saturated carbocycles. The van der Waals surface area contributed by atoms with Crippen LogP contribution in [-0.2, 0) is 6.54 Å². The number of aromatic nitrogens is 2. The van der Waals surface area contributed by atoms with E-state index in [4.69, 9.17) is 17.0 Å². The fourth-order valence-electron chi connectivity index (χ4n) is 3.50. The number of ether oxygens (including phenoxy) is 1. The summed E-state index contributed by atoms with van der Waals surface area (Å²) in [4.78, 5) is 20.3. The highest BCUT2D eigenvalue weighted by atomic mass is 32.1. The van der Waals surface area contributed by atoms with Crippen LogP contribution in [0.3, 0.4) is 0 Å². The second-order valence-corrected chi connectivity index (χ2v) is 7.47. The molecule has 0 radical (unpaired) electrons. The Hall–Kier alpha value is -2.90. The summed E-state index contributed by atoms with van der Waals surface area (Å²) in [5, 5.41) is 10.7. The van der Waals surface area contributed by atoms with E-state index < -0.39 is 11.6 Å². The van der Waals surface area contributed by atoms with Crippen LogP contribution in [0.1, 0.15) is 36.6 Å². The molecule has 152 valence electrons. The van der Waals surface area contributed by atoms with E-state index in [0.717, 1.165) is 11.1 Å². The van der Waals surface area contributed by atoms with Crippen molar-refractivity contribution in [2.75, 3.05) is 7.11 Å². The third-order valence-corrected chi connectivity index (χ3v) is 5.07. The second-order valence-electron chi connectivity index (χ2n) is 7.07. The minimum absolute atomic E-state index is 0.0621. The number of para-hydroxylation sites is 1. The molecular formula is C22H25N3O3S. The van der Waals surface area contributed by atoms with Gasteiger partial charge in [0.2, 0.25) is 5.88 Å². The fourth-order valence-corrected chi connectivity index (χ4v) is 3.69. The fraction of sp³-hybridized carbons (Fsp3) is 0.273. The van der Waals surface area contributed by atoms with Crippen molar-refractivity contribution >= 4 is 12.2 Å². The van der Waals surface area contributed by atoms with Gasteiger partial charge in [0.1, 0.15) is 5.75 Å². The molecule has 1 aromatic heterocycles. The Labute approximate surface area is 174 Å². The van der Waals surface area contributed by atoms with Crippen molar-refractivity contribution in [1.29, 1.82) is 0 Å². The van der Waals surface area contributed by atoms with Crippen LogP contribution in [0.25, 0.3) is 0 Å². The van der Waals surface area contributed by atoms with Gasteiger partial charge in [0.25, 0.3) is 5.56 Å². The summed E-state index contributed by atoms with van der Waals surface area (Å²) < 4.78 is 5.66. The van der Waals surface area contributed by atoms with Crippen molar-refractivity contribution < 1.29 is 9.84 Å². The van der Waals surface area contributed by atoms with Gasteiger partial charge in [-0.2, -0.15) is 0 Å². The molecule has 0 unspecified atom stereocenters. The van der Waals surface area contributed by atoms with E-state index in [1.54, 1.807) is 7.11 Å². The molecule has 29 heavy (non-hydrogen) atoms. The average Bonchev–Trinajstić information content (AvgIpc) is 2.70. The number of hydrogen-bond donors (Lipinski definition) is 3. The van der Waals surface area contributed by atoms with Gasteiger partial charge in [-0.1, -0.05) is 48.5 Å². The summed E-state index contributed by atoms with van der Waals surface area (Å²) in [6, 6.07) is 17.0. The number of methoxy groups -OCH3 is 1. The smallest absolute Gasteiger partial charge is 0.260 e. The number of rotatable bonds is 7. The van der Waals surface area contributed by atoms with Gasteiger partial charge >= 0.3 is 0 Å². The Morgan fingerprint density at radius 3 is 2.34 bits per heavy atom. The first-order valence-corrected chi connectivity index (χ1v) is 9.81. The van der Waals surface area contributed by atoms with Crippen LogP contribution in [0, 0.1) is 4.77 Å². The highest BCUT2D eigenvalue weighted by Gasteiger charge is 2.32. The molecule has 0 fully saturated rings. The number of nitrogens with one attached hydrogen (secondary N) is 2. The number of benzene rings is 2. The van der Waals surface area contributed by atoms with Crippen LogP contribution in [0.4, 0.5) is 0 Å². The summed E-state index contributed by atoms with van der Waals surface area (Å²) in [6.45, 7) is 4.69. The van der Waals surface area contributed by atoms with Crippen LogP contribution in [-0.4, -0.2) is 33.1 Å². The maximum atomic E-state index is 12.9. The van der Waals surface area contributed by atoms with Crippen LogP contribution < -0.4 is 10.3 Å². The first-order valence-electron chi connectivity index (χ1n) is 9.40. The molecule has 0 spiro atoms. The van der Waals surface area contributed by atoms with Gasteiger partial charge in [-0.15, -0.1) is 0 Å². The maximum Gasteiger partial charge on any atom is 0.260 e. The van der Waals surface area contributed by atoms with E-state index in [9.17, 15) is 9.90 Å². The monoisotopic (exact) mass is 411 g/mol. The quantitative estimate of drug-likeness (QED) is 0.509. The largest absolute Gasteiger partial charge is 0.496 e. The lowest BCUT2D eigenvalue weighted by molar-refractivity contribution is 0.161. The Bertz CT molecular complexity index is 1080. The van der Waals surface area contributed by atoms with Crippen LogP contribution in [0.5, 0.6) is 11.6 Å². The van der Waals surface area contributed by atoms with E-state index >= 15 is 0 Å². The number of nitrogens with zero attached hydrogens (tertiary/aromatic N) is 1. The normalized spacial score (nSPS) is 12.3. The lowest BCUT2D eigenvalue weighted by atomic mass is 9.95. The van der Waals surface area contributed by atoms with Gasteiger partial charge in [-0.05, 0) is 37.7 Å². The minimum atomic E-state index is -0.554. The first-order chi connectivity index (χ1) is 13.9. The molecule has 0 aliphatic rings. The Kier molecular flexibility index (Phi) is 6.51. The summed E-state index contributed by atoms with van der Waals surface area (Å²) >= 11 is 5.01. The SMILES string of the molecule is COc1ccccc1[C@@H](c1c(O)[nH]c(=S)[nH]c1=O)N(Cc1ccccc1)C(C)C. The zero-order valence-corrected chi connectivity index (χ0v) is 17.5. The van der Waals surface area contributed by atoms with Crippen molar-refractivity contribution in [2.45, 2.75) is 32.5 Å². The molecule has 0 amide bonds. The molecule has 7 heteroatoms. The molecule has 0 saturated heterocycles. The number of H-pyrrole nitrogens is 2. The van der Waals surface area contributed by atoms with Crippen LogP contribution >= 0.6 is 12.2 Å². The number of aromatic hydroxyl groups is 1. The lowest BCUT2D eigenvalue weighted by Gasteiger charge is -2.36. The molecule has 3 N–H and O–H groups in total. The van der Waals surface area contributed by atoms with Crippen molar-refractivity contribution in [3.05, 3.63) is 86.4 Å².